The summed E-state index contributed by atoms with van der Waals surface area (Å²) in [7, 11) is 0. The van der Waals surface area contributed by atoms with Gasteiger partial charge in [0.2, 0.25) is 0 Å². The summed E-state index contributed by atoms with van der Waals surface area (Å²) in [6, 6.07) is 60.0. The standard InChI is InChI=1S/C58H41N5S/c1-58(2)47-32-40(26-29-43(47)44-30-28-42(33-48(44)58)56-59-49(36-16-7-3-8-17-36)35-50(60-56)37-18-9-4-10-19-37)41-27-31-45-52(34-41)64-51-25-15-24-46(53(45)51)57-62-54(38-20-11-5-12-21-38)61-55(63-57)39-22-13-6-14-23-39/h3,5-9,11-35H,4,10H2,1-2H3. The maximum Gasteiger partial charge on any atom is 0.164 e. The summed E-state index contributed by atoms with van der Waals surface area (Å²) in [5, 5.41) is 2.36. The molecule has 0 spiro atoms. The van der Waals surface area contributed by atoms with Gasteiger partial charge < -0.3 is 0 Å². The van der Waals surface area contributed by atoms with E-state index in [1.165, 1.54) is 48.2 Å². The van der Waals surface area contributed by atoms with E-state index in [9.17, 15) is 0 Å². The Balaban J connectivity index is 0.912. The molecule has 3 aromatic heterocycles. The van der Waals surface area contributed by atoms with Gasteiger partial charge >= 0.3 is 0 Å². The van der Waals surface area contributed by atoms with Gasteiger partial charge in [0.25, 0.3) is 0 Å². The molecule has 12 rings (SSSR count). The predicted octanol–water partition coefficient (Wildman–Crippen LogP) is 15.1. The van der Waals surface area contributed by atoms with Crippen molar-refractivity contribution in [2.75, 3.05) is 0 Å². The SMILES string of the molecule is CC1(C)c2cc(-c3ccc4c(c3)sc3cccc(-c5nc(-c6ccccc6)nc(-c6ccccc6)n5)c34)ccc2-c2ccc(-c3nc(C4=CCCC=C4)cc(-c4ccccc4)n3)cc21. The molecule has 0 atom stereocenters. The van der Waals surface area contributed by atoms with Crippen LogP contribution in [0.2, 0.25) is 0 Å². The normalized spacial score (nSPS) is 13.8. The Bertz CT molecular complexity index is 3460. The zero-order valence-electron chi connectivity index (χ0n) is 35.5. The minimum Gasteiger partial charge on any atom is -0.228 e. The van der Waals surface area contributed by atoms with Gasteiger partial charge in [-0.2, -0.15) is 0 Å². The van der Waals surface area contributed by atoms with Crippen LogP contribution in [0.5, 0.6) is 0 Å². The Kier molecular flexibility index (Phi) is 9.09. The number of hydrogen-bond donors (Lipinski definition) is 0. The van der Waals surface area contributed by atoms with Crippen LogP contribution in [-0.2, 0) is 5.41 Å². The van der Waals surface area contributed by atoms with Gasteiger partial charge in [0.05, 0.1) is 11.4 Å². The Hall–Kier alpha value is -7.67. The zero-order chi connectivity index (χ0) is 42.8. The largest absolute Gasteiger partial charge is 0.228 e. The van der Waals surface area contributed by atoms with Crippen molar-refractivity contribution in [3.05, 3.63) is 205 Å². The molecule has 6 heteroatoms. The summed E-state index contributed by atoms with van der Waals surface area (Å²) in [5.41, 5.74) is 15.4. The van der Waals surface area contributed by atoms with Crippen molar-refractivity contribution in [3.8, 4) is 79.1 Å². The highest BCUT2D eigenvalue weighted by Gasteiger charge is 2.36. The second kappa shape index (κ2) is 15.3. The van der Waals surface area contributed by atoms with Gasteiger partial charge in [-0.05, 0) is 82.1 Å². The van der Waals surface area contributed by atoms with E-state index in [0.29, 0.717) is 17.5 Å². The van der Waals surface area contributed by atoms with Crippen LogP contribution < -0.4 is 0 Å². The zero-order valence-corrected chi connectivity index (χ0v) is 36.3. The van der Waals surface area contributed by atoms with Crippen LogP contribution in [-0.4, -0.2) is 24.9 Å². The summed E-state index contributed by atoms with van der Waals surface area (Å²) in [4.78, 5) is 25.5. The van der Waals surface area contributed by atoms with Crippen LogP contribution in [0.25, 0.3) is 105 Å². The molecule has 0 saturated heterocycles. The van der Waals surface area contributed by atoms with Crippen molar-refractivity contribution in [1.29, 1.82) is 0 Å². The molecule has 0 N–H and O–H groups in total. The predicted molar refractivity (Wildman–Crippen MR) is 265 cm³/mol. The summed E-state index contributed by atoms with van der Waals surface area (Å²) >= 11 is 1.81. The topological polar surface area (TPSA) is 64.5 Å². The maximum absolute atomic E-state index is 5.19. The lowest BCUT2D eigenvalue weighted by Gasteiger charge is -2.22. The molecular formula is C58H41N5S. The second-order valence-corrected chi connectivity index (χ2v) is 18.2. The van der Waals surface area contributed by atoms with Gasteiger partial charge in [-0.15, -0.1) is 11.3 Å². The van der Waals surface area contributed by atoms with Gasteiger partial charge in [-0.1, -0.05) is 172 Å². The van der Waals surface area contributed by atoms with Crippen molar-refractivity contribution in [2.24, 2.45) is 0 Å². The number of fused-ring (bicyclic) bond motifs is 6. The van der Waals surface area contributed by atoms with E-state index in [1.807, 2.05) is 53.8 Å². The average Bonchev–Trinajstić information content (AvgIpc) is 3.85. The third-order valence-corrected chi connectivity index (χ3v) is 13.9. The minimum absolute atomic E-state index is 0.233. The first kappa shape index (κ1) is 38.0. The third-order valence-electron chi connectivity index (χ3n) is 12.8. The molecule has 64 heavy (non-hydrogen) atoms. The van der Waals surface area contributed by atoms with E-state index in [1.54, 1.807) is 0 Å². The van der Waals surface area contributed by atoms with E-state index in [0.717, 1.165) is 68.8 Å². The monoisotopic (exact) mass is 839 g/mol. The fraction of sp³-hybridized carbons (Fsp3) is 0.0862. The van der Waals surface area contributed by atoms with E-state index in [2.05, 4.69) is 159 Å². The molecular weight excluding hydrogens is 799 g/mol. The van der Waals surface area contributed by atoms with Gasteiger partial charge in [-0.3, -0.25) is 0 Å². The number of hydrogen-bond acceptors (Lipinski definition) is 6. The van der Waals surface area contributed by atoms with Crippen molar-refractivity contribution >= 4 is 37.1 Å². The van der Waals surface area contributed by atoms with Gasteiger partial charge in [0.1, 0.15) is 0 Å². The average molecular weight is 840 g/mol. The van der Waals surface area contributed by atoms with Crippen molar-refractivity contribution in [3.63, 3.8) is 0 Å². The Morgan fingerprint density at radius 2 is 1.00 bits per heavy atom. The highest BCUT2D eigenvalue weighted by Crippen LogP contribution is 2.51. The lowest BCUT2D eigenvalue weighted by molar-refractivity contribution is 0.661. The number of benzene rings is 7. The van der Waals surface area contributed by atoms with Crippen LogP contribution in [0, 0.1) is 0 Å². The Morgan fingerprint density at radius 3 is 1.67 bits per heavy atom. The van der Waals surface area contributed by atoms with E-state index in [-0.39, 0.29) is 5.41 Å². The smallest absolute Gasteiger partial charge is 0.164 e. The third kappa shape index (κ3) is 6.57. The molecule has 0 unspecified atom stereocenters. The molecule has 0 radical (unpaired) electrons. The molecule has 2 aliphatic carbocycles. The van der Waals surface area contributed by atoms with Crippen LogP contribution in [0.15, 0.2) is 188 Å². The maximum atomic E-state index is 5.19. The van der Waals surface area contributed by atoms with E-state index in [4.69, 9.17) is 24.9 Å². The summed E-state index contributed by atoms with van der Waals surface area (Å²) in [5.74, 6) is 2.73. The first-order chi connectivity index (χ1) is 31.4. The lowest BCUT2D eigenvalue weighted by atomic mass is 9.81. The first-order valence-corrected chi connectivity index (χ1v) is 22.7. The molecule has 304 valence electrons. The molecule has 0 bridgehead atoms. The fourth-order valence-corrected chi connectivity index (χ4v) is 10.6. The molecule has 7 aromatic carbocycles. The molecule has 10 aromatic rings. The lowest BCUT2D eigenvalue weighted by Crippen LogP contribution is -2.15. The van der Waals surface area contributed by atoms with E-state index >= 15 is 0 Å². The molecule has 0 aliphatic heterocycles. The van der Waals surface area contributed by atoms with E-state index < -0.39 is 0 Å². The first-order valence-electron chi connectivity index (χ1n) is 21.9. The second-order valence-electron chi connectivity index (χ2n) is 17.1. The number of thiophene rings is 1. The van der Waals surface area contributed by atoms with Crippen molar-refractivity contribution in [1.82, 2.24) is 24.9 Å². The molecule has 0 fully saturated rings. The highest BCUT2D eigenvalue weighted by atomic mass is 32.1. The van der Waals surface area contributed by atoms with Crippen molar-refractivity contribution < 1.29 is 0 Å². The quantitative estimate of drug-likeness (QED) is 0.160. The molecule has 0 saturated carbocycles. The summed E-state index contributed by atoms with van der Waals surface area (Å²) in [6.45, 7) is 4.69. The number of aromatic nitrogens is 5. The number of nitrogens with zero attached hydrogens (tertiary/aromatic N) is 5. The highest BCUT2D eigenvalue weighted by molar-refractivity contribution is 7.26. The van der Waals surface area contributed by atoms with Crippen molar-refractivity contribution in [2.45, 2.75) is 32.1 Å². The summed E-state index contributed by atoms with van der Waals surface area (Å²) < 4.78 is 2.43. The van der Waals surface area contributed by atoms with Crippen LogP contribution >= 0.6 is 11.3 Å². The molecule has 0 amide bonds. The van der Waals surface area contributed by atoms with Crippen LogP contribution in [0.4, 0.5) is 0 Å². The minimum atomic E-state index is -0.233. The van der Waals surface area contributed by atoms with Gasteiger partial charge in [-0.25, -0.2) is 24.9 Å². The number of rotatable bonds is 7. The molecule has 3 heterocycles. The van der Waals surface area contributed by atoms with Gasteiger partial charge in [0, 0.05) is 53.4 Å². The number of allylic oxidation sites excluding steroid dienone is 4. The fourth-order valence-electron chi connectivity index (χ4n) is 9.46. The van der Waals surface area contributed by atoms with Crippen LogP contribution in [0.1, 0.15) is 43.5 Å². The Morgan fingerprint density at radius 1 is 0.422 bits per heavy atom. The van der Waals surface area contributed by atoms with Crippen LogP contribution in [0.3, 0.4) is 0 Å². The molecule has 2 aliphatic rings. The van der Waals surface area contributed by atoms with Gasteiger partial charge in [0.15, 0.2) is 23.3 Å². The summed E-state index contributed by atoms with van der Waals surface area (Å²) in [6.07, 6.45) is 8.80. The Labute approximate surface area is 376 Å². The molecule has 5 nitrogen and oxygen atoms in total.